The number of benzene rings is 1. The molecular weight excluding hydrogens is 257 g/mol. The maximum atomic E-state index is 12.9. The number of nitrogens with zero attached hydrogens (tertiary/aromatic N) is 3. The molecule has 1 unspecified atom stereocenters. The van der Waals surface area contributed by atoms with E-state index in [2.05, 4.69) is 14.9 Å². The van der Waals surface area contributed by atoms with E-state index in [9.17, 15) is 4.39 Å². The molecule has 0 aliphatic carbocycles. The molecule has 1 saturated heterocycles. The van der Waals surface area contributed by atoms with E-state index in [1.165, 1.54) is 12.1 Å². The van der Waals surface area contributed by atoms with Gasteiger partial charge in [0, 0.05) is 31.9 Å². The Morgan fingerprint density at radius 1 is 1.25 bits per heavy atom. The molecule has 1 aromatic heterocycles. The fraction of sp³-hybridized carbons (Fsp3) is 0.333. The van der Waals surface area contributed by atoms with Gasteiger partial charge in [0.1, 0.15) is 11.6 Å². The molecule has 5 heteroatoms. The second kappa shape index (κ2) is 5.96. The van der Waals surface area contributed by atoms with E-state index in [4.69, 9.17) is 4.74 Å². The van der Waals surface area contributed by atoms with Gasteiger partial charge >= 0.3 is 0 Å². The first-order valence-electron chi connectivity index (χ1n) is 6.68. The summed E-state index contributed by atoms with van der Waals surface area (Å²) >= 11 is 0. The zero-order chi connectivity index (χ0) is 13.8. The van der Waals surface area contributed by atoms with Crippen molar-refractivity contribution >= 4 is 5.82 Å². The molecule has 4 nitrogen and oxygen atoms in total. The predicted octanol–water partition coefficient (Wildman–Crippen LogP) is 2.06. The van der Waals surface area contributed by atoms with Crippen LogP contribution in [-0.2, 0) is 11.2 Å². The van der Waals surface area contributed by atoms with E-state index in [1.54, 1.807) is 30.7 Å². The maximum absolute atomic E-state index is 12.9. The van der Waals surface area contributed by atoms with Crippen molar-refractivity contribution in [3.63, 3.8) is 0 Å². The lowest BCUT2D eigenvalue weighted by atomic mass is 10.1. The Hall–Kier alpha value is -2.01. The van der Waals surface area contributed by atoms with E-state index >= 15 is 0 Å². The minimum Gasteiger partial charge on any atom is -0.374 e. The molecular formula is C15H16FN3O. The molecule has 2 heterocycles. The van der Waals surface area contributed by atoms with Crippen LogP contribution in [0.25, 0.3) is 0 Å². The lowest BCUT2D eigenvalue weighted by molar-refractivity contribution is 0.0408. The summed E-state index contributed by atoms with van der Waals surface area (Å²) in [5, 5.41) is 0. The third-order valence-electron chi connectivity index (χ3n) is 3.39. The fourth-order valence-electron chi connectivity index (χ4n) is 2.39. The Kier molecular flexibility index (Phi) is 3.87. The van der Waals surface area contributed by atoms with Gasteiger partial charge in [0.15, 0.2) is 0 Å². The zero-order valence-electron chi connectivity index (χ0n) is 11.1. The number of hydrogen-bond acceptors (Lipinski definition) is 4. The van der Waals surface area contributed by atoms with Gasteiger partial charge in [-0.25, -0.2) is 9.37 Å². The van der Waals surface area contributed by atoms with E-state index in [1.807, 2.05) is 0 Å². The maximum Gasteiger partial charge on any atom is 0.147 e. The quantitative estimate of drug-likeness (QED) is 0.858. The van der Waals surface area contributed by atoms with Gasteiger partial charge in [0.25, 0.3) is 0 Å². The summed E-state index contributed by atoms with van der Waals surface area (Å²) in [4.78, 5) is 10.6. The SMILES string of the molecule is Fc1ccc(CC2CN(c3cnccn3)CCO2)cc1. The lowest BCUT2D eigenvalue weighted by Gasteiger charge is -2.33. The lowest BCUT2D eigenvalue weighted by Crippen LogP contribution is -2.43. The number of halogens is 1. The Balaban J connectivity index is 1.65. The van der Waals surface area contributed by atoms with Crippen molar-refractivity contribution in [1.82, 2.24) is 9.97 Å². The van der Waals surface area contributed by atoms with E-state index in [0.717, 1.165) is 30.9 Å². The van der Waals surface area contributed by atoms with Crippen molar-refractivity contribution in [2.75, 3.05) is 24.6 Å². The highest BCUT2D eigenvalue weighted by atomic mass is 19.1. The van der Waals surface area contributed by atoms with Crippen LogP contribution < -0.4 is 4.90 Å². The summed E-state index contributed by atoms with van der Waals surface area (Å²) in [6, 6.07) is 6.58. The minimum atomic E-state index is -0.209. The van der Waals surface area contributed by atoms with Crippen LogP contribution in [0.5, 0.6) is 0 Å². The molecule has 104 valence electrons. The molecule has 1 fully saturated rings. The van der Waals surface area contributed by atoms with Crippen LogP contribution in [0.3, 0.4) is 0 Å². The molecule has 0 saturated carbocycles. The van der Waals surface area contributed by atoms with Crippen molar-refractivity contribution in [3.8, 4) is 0 Å². The van der Waals surface area contributed by atoms with Crippen molar-refractivity contribution in [3.05, 3.63) is 54.2 Å². The van der Waals surface area contributed by atoms with Gasteiger partial charge in [-0.2, -0.15) is 0 Å². The minimum absolute atomic E-state index is 0.0937. The molecule has 1 aromatic carbocycles. The van der Waals surface area contributed by atoms with Crippen molar-refractivity contribution in [2.45, 2.75) is 12.5 Å². The van der Waals surface area contributed by atoms with Crippen LogP contribution in [0.2, 0.25) is 0 Å². The average Bonchev–Trinajstić information content (AvgIpc) is 2.51. The molecule has 1 aliphatic rings. The van der Waals surface area contributed by atoms with Gasteiger partial charge in [-0.3, -0.25) is 4.98 Å². The van der Waals surface area contributed by atoms with Crippen LogP contribution in [0.15, 0.2) is 42.9 Å². The molecule has 1 atom stereocenters. The normalized spacial score (nSPS) is 19.1. The van der Waals surface area contributed by atoms with Crippen LogP contribution in [0.4, 0.5) is 10.2 Å². The van der Waals surface area contributed by atoms with Gasteiger partial charge in [-0.05, 0) is 17.7 Å². The molecule has 2 aromatic rings. The van der Waals surface area contributed by atoms with Gasteiger partial charge in [-0.15, -0.1) is 0 Å². The third-order valence-corrected chi connectivity index (χ3v) is 3.39. The molecule has 20 heavy (non-hydrogen) atoms. The van der Waals surface area contributed by atoms with E-state index in [-0.39, 0.29) is 11.9 Å². The first-order chi connectivity index (χ1) is 9.81. The summed E-state index contributed by atoms with van der Waals surface area (Å²) in [5.74, 6) is 0.666. The van der Waals surface area contributed by atoms with Crippen LogP contribution >= 0.6 is 0 Å². The number of ether oxygens (including phenoxy) is 1. The van der Waals surface area contributed by atoms with Gasteiger partial charge in [0.2, 0.25) is 0 Å². The summed E-state index contributed by atoms with van der Waals surface area (Å²) in [7, 11) is 0. The van der Waals surface area contributed by atoms with E-state index < -0.39 is 0 Å². The average molecular weight is 273 g/mol. The highest BCUT2D eigenvalue weighted by molar-refractivity contribution is 5.35. The highest BCUT2D eigenvalue weighted by Crippen LogP contribution is 2.16. The van der Waals surface area contributed by atoms with Crippen molar-refractivity contribution < 1.29 is 9.13 Å². The smallest absolute Gasteiger partial charge is 0.147 e. The molecule has 0 spiro atoms. The van der Waals surface area contributed by atoms with Crippen LogP contribution in [0, 0.1) is 5.82 Å². The second-order valence-corrected chi connectivity index (χ2v) is 4.83. The Morgan fingerprint density at radius 3 is 2.85 bits per heavy atom. The Bertz CT molecular complexity index is 547. The fourth-order valence-corrected chi connectivity index (χ4v) is 2.39. The Labute approximate surface area is 117 Å². The number of anilines is 1. The highest BCUT2D eigenvalue weighted by Gasteiger charge is 2.21. The summed E-state index contributed by atoms with van der Waals surface area (Å²) in [6.45, 7) is 2.26. The van der Waals surface area contributed by atoms with Crippen LogP contribution in [-0.4, -0.2) is 35.8 Å². The standard InChI is InChI=1S/C15H16FN3O/c16-13-3-1-12(2-4-13)9-14-11-19(7-8-20-14)15-10-17-5-6-18-15/h1-6,10,14H,7-9,11H2. The third kappa shape index (κ3) is 3.11. The van der Waals surface area contributed by atoms with Crippen molar-refractivity contribution in [2.24, 2.45) is 0 Å². The first kappa shape index (κ1) is 13.0. The number of hydrogen-bond donors (Lipinski definition) is 0. The van der Waals surface area contributed by atoms with Gasteiger partial charge in [0.05, 0.1) is 18.9 Å². The monoisotopic (exact) mass is 273 g/mol. The van der Waals surface area contributed by atoms with E-state index in [0.29, 0.717) is 6.61 Å². The van der Waals surface area contributed by atoms with Crippen LogP contribution in [0.1, 0.15) is 5.56 Å². The van der Waals surface area contributed by atoms with Gasteiger partial charge < -0.3 is 9.64 Å². The topological polar surface area (TPSA) is 38.2 Å². The zero-order valence-corrected chi connectivity index (χ0v) is 11.1. The summed E-state index contributed by atoms with van der Waals surface area (Å²) in [5.41, 5.74) is 1.08. The predicted molar refractivity (Wildman–Crippen MR) is 74.1 cm³/mol. The first-order valence-corrected chi connectivity index (χ1v) is 6.68. The van der Waals surface area contributed by atoms with Gasteiger partial charge in [-0.1, -0.05) is 12.1 Å². The molecule has 0 radical (unpaired) electrons. The largest absolute Gasteiger partial charge is 0.374 e. The molecule has 0 bridgehead atoms. The number of rotatable bonds is 3. The molecule has 0 N–H and O–H groups in total. The summed E-state index contributed by atoms with van der Waals surface area (Å²) < 4.78 is 18.7. The molecule has 0 amide bonds. The van der Waals surface area contributed by atoms with Crippen molar-refractivity contribution in [1.29, 1.82) is 0 Å². The number of aromatic nitrogens is 2. The summed E-state index contributed by atoms with van der Waals surface area (Å²) in [6.07, 6.45) is 5.99. The molecule has 3 rings (SSSR count). The Morgan fingerprint density at radius 2 is 2.10 bits per heavy atom. The second-order valence-electron chi connectivity index (χ2n) is 4.83. The molecule has 1 aliphatic heterocycles. The number of morpholine rings is 1.